The Morgan fingerprint density at radius 2 is 1.94 bits per heavy atom. The van der Waals surface area contributed by atoms with Crippen molar-refractivity contribution in [1.29, 1.82) is 0 Å². The summed E-state index contributed by atoms with van der Waals surface area (Å²) in [6, 6.07) is 0. The Bertz CT molecular complexity index is 355. The summed E-state index contributed by atoms with van der Waals surface area (Å²) >= 11 is 0. The number of piperidine rings is 1. The van der Waals surface area contributed by atoms with Crippen molar-refractivity contribution >= 4 is 10.2 Å². The predicted molar refractivity (Wildman–Crippen MR) is 70.9 cm³/mol. The van der Waals surface area contributed by atoms with E-state index in [0.717, 1.165) is 12.8 Å². The van der Waals surface area contributed by atoms with E-state index in [0.29, 0.717) is 32.1 Å². The average Bonchev–Trinajstić information content (AvgIpc) is 2.29. The normalized spacial score (nSPS) is 22.6. The molecule has 0 radical (unpaired) electrons. The Morgan fingerprint density at radius 3 is 2.41 bits per heavy atom. The van der Waals surface area contributed by atoms with Crippen LogP contribution in [0.5, 0.6) is 0 Å². The summed E-state index contributed by atoms with van der Waals surface area (Å²) in [5, 5.41) is 0. The number of hydrogen-bond donors (Lipinski definition) is 0. The van der Waals surface area contributed by atoms with Gasteiger partial charge < -0.3 is 0 Å². The van der Waals surface area contributed by atoms with Gasteiger partial charge in [-0.15, -0.1) is 13.2 Å². The largest absolute Gasteiger partial charge is 0.282 e. The molecule has 1 atom stereocenters. The van der Waals surface area contributed by atoms with E-state index in [-0.39, 0.29) is 0 Å². The molecule has 0 unspecified atom stereocenters. The highest BCUT2D eigenvalue weighted by atomic mass is 32.2. The molecule has 0 aromatic rings. The molecule has 4 nitrogen and oxygen atoms in total. The third-order valence-electron chi connectivity index (χ3n) is 2.94. The molecule has 1 aliphatic heterocycles. The van der Waals surface area contributed by atoms with Gasteiger partial charge in [0.25, 0.3) is 10.2 Å². The van der Waals surface area contributed by atoms with Gasteiger partial charge in [-0.1, -0.05) is 19.1 Å². The van der Waals surface area contributed by atoms with Crippen molar-refractivity contribution in [2.45, 2.75) is 19.8 Å². The summed E-state index contributed by atoms with van der Waals surface area (Å²) in [5.41, 5.74) is 0. The van der Waals surface area contributed by atoms with Crippen LogP contribution in [0.25, 0.3) is 0 Å². The maximum absolute atomic E-state index is 12.4. The van der Waals surface area contributed by atoms with Crippen LogP contribution in [0.3, 0.4) is 0 Å². The Balaban J connectivity index is 2.82. The summed E-state index contributed by atoms with van der Waals surface area (Å²) < 4.78 is 27.7. The minimum Gasteiger partial charge on any atom is -0.195 e. The van der Waals surface area contributed by atoms with Crippen LogP contribution in [0.4, 0.5) is 0 Å². The highest BCUT2D eigenvalue weighted by molar-refractivity contribution is 7.86. The van der Waals surface area contributed by atoms with E-state index in [9.17, 15) is 8.42 Å². The summed E-state index contributed by atoms with van der Waals surface area (Å²) in [7, 11) is -3.36. The van der Waals surface area contributed by atoms with Gasteiger partial charge in [-0.25, -0.2) is 0 Å². The van der Waals surface area contributed by atoms with Crippen molar-refractivity contribution in [1.82, 2.24) is 8.61 Å². The molecule has 0 aromatic heterocycles. The second-order valence-corrected chi connectivity index (χ2v) is 6.44. The number of nitrogens with zero attached hydrogens (tertiary/aromatic N) is 2. The Morgan fingerprint density at radius 1 is 1.35 bits per heavy atom. The molecule has 0 aromatic carbocycles. The monoisotopic (exact) mass is 258 g/mol. The highest BCUT2D eigenvalue weighted by Crippen LogP contribution is 2.20. The first-order valence-corrected chi connectivity index (χ1v) is 7.39. The highest BCUT2D eigenvalue weighted by Gasteiger charge is 2.31. The molecule has 0 saturated carbocycles. The molecule has 1 rings (SSSR count). The smallest absolute Gasteiger partial charge is 0.195 e. The summed E-state index contributed by atoms with van der Waals surface area (Å²) in [6.45, 7) is 11.2. The van der Waals surface area contributed by atoms with Gasteiger partial charge in [-0.2, -0.15) is 17.0 Å². The predicted octanol–water partition coefficient (Wildman–Crippen LogP) is 1.64. The van der Waals surface area contributed by atoms with E-state index in [1.54, 1.807) is 16.5 Å². The molecular formula is C12H22N2O2S. The third kappa shape index (κ3) is 3.66. The maximum Gasteiger partial charge on any atom is 0.282 e. The lowest BCUT2D eigenvalue weighted by molar-refractivity contribution is 0.263. The lowest BCUT2D eigenvalue weighted by atomic mass is 10.0. The lowest BCUT2D eigenvalue weighted by Gasteiger charge is -2.33. The van der Waals surface area contributed by atoms with Crippen LogP contribution >= 0.6 is 0 Å². The van der Waals surface area contributed by atoms with Gasteiger partial charge in [0.1, 0.15) is 0 Å². The van der Waals surface area contributed by atoms with Crippen LogP contribution in [0.1, 0.15) is 19.8 Å². The van der Waals surface area contributed by atoms with Crippen LogP contribution in [0.15, 0.2) is 25.3 Å². The molecule has 1 aliphatic rings. The maximum atomic E-state index is 12.4. The van der Waals surface area contributed by atoms with E-state index in [1.165, 1.54) is 4.31 Å². The quantitative estimate of drug-likeness (QED) is 0.680. The summed E-state index contributed by atoms with van der Waals surface area (Å²) in [6.07, 6.45) is 5.26. The van der Waals surface area contributed by atoms with E-state index in [1.807, 2.05) is 0 Å². The molecule has 1 heterocycles. The Hall–Kier alpha value is -0.650. The molecule has 17 heavy (non-hydrogen) atoms. The van der Waals surface area contributed by atoms with Crippen molar-refractivity contribution in [2.75, 3.05) is 26.2 Å². The van der Waals surface area contributed by atoms with E-state index in [2.05, 4.69) is 20.1 Å². The van der Waals surface area contributed by atoms with Crippen molar-refractivity contribution in [2.24, 2.45) is 5.92 Å². The zero-order valence-corrected chi connectivity index (χ0v) is 11.3. The van der Waals surface area contributed by atoms with Gasteiger partial charge in [0.15, 0.2) is 0 Å². The topological polar surface area (TPSA) is 40.6 Å². The van der Waals surface area contributed by atoms with Crippen LogP contribution in [0, 0.1) is 5.92 Å². The standard InChI is InChI=1S/C12H22N2O2S/c1-4-8-13(9-5-2)17(15,16)14-10-6-7-12(3)11-14/h4-5,12H,1-2,6-11H2,3H3/t12-/m1/s1. The zero-order valence-electron chi connectivity index (χ0n) is 10.5. The second-order valence-electron chi connectivity index (χ2n) is 4.51. The van der Waals surface area contributed by atoms with E-state index < -0.39 is 10.2 Å². The molecule has 1 saturated heterocycles. The average molecular weight is 258 g/mol. The fourth-order valence-electron chi connectivity index (χ4n) is 2.07. The van der Waals surface area contributed by atoms with Crippen LogP contribution in [-0.2, 0) is 10.2 Å². The van der Waals surface area contributed by atoms with Gasteiger partial charge in [0.2, 0.25) is 0 Å². The molecule has 0 spiro atoms. The van der Waals surface area contributed by atoms with Crippen LogP contribution < -0.4 is 0 Å². The van der Waals surface area contributed by atoms with Gasteiger partial charge in [-0.05, 0) is 18.8 Å². The fourth-order valence-corrected chi connectivity index (χ4v) is 3.79. The molecule has 0 bridgehead atoms. The van der Waals surface area contributed by atoms with Crippen molar-refractivity contribution in [3.05, 3.63) is 25.3 Å². The van der Waals surface area contributed by atoms with Gasteiger partial charge >= 0.3 is 0 Å². The molecule has 0 aliphatic carbocycles. The SMILES string of the molecule is C=CCN(CC=C)S(=O)(=O)N1CCC[C@@H](C)C1. The minimum atomic E-state index is -3.36. The second kappa shape index (κ2) is 6.33. The molecule has 0 N–H and O–H groups in total. The van der Waals surface area contributed by atoms with E-state index >= 15 is 0 Å². The Kier molecular flexibility index (Phi) is 5.36. The summed E-state index contributed by atoms with van der Waals surface area (Å²) in [5.74, 6) is 0.438. The first kappa shape index (κ1) is 14.4. The lowest BCUT2D eigenvalue weighted by Crippen LogP contribution is -2.47. The van der Waals surface area contributed by atoms with E-state index in [4.69, 9.17) is 0 Å². The third-order valence-corrected chi connectivity index (χ3v) is 4.87. The van der Waals surface area contributed by atoms with Crippen molar-refractivity contribution in [3.63, 3.8) is 0 Å². The van der Waals surface area contributed by atoms with Gasteiger partial charge in [-0.3, -0.25) is 0 Å². The number of rotatable bonds is 6. The zero-order chi connectivity index (χ0) is 12.9. The first-order chi connectivity index (χ1) is 8.02. The summed E-state index contributed by atoms with van der Waals surface area (Å²) in [4.78, 5) is 0. The van der Waals surface area contributed by atoms with Gasteiger partial charge in [0.05, 0.1) is 0 Å². The first-order valence-electron chi connectivity index (χ1n) is 5.99. The fraction of sp³-hybridized carbons (Fsp3) is 0.667. The molecular weight excluding hydrogens is 236 g/mol. The van der Waals surface area contributed by atoms with Crippen LogP contribution in [0.2, 0.25) is 0 Å². The molecule has 98 valence electrons. The molecule has 0 amide bonds. The minimum absolute atomic E-state index is 0.333. The molecule has 5 heteroatoms. The molecule has 1 fully saturated rings. The number of hydrogen-bond acceptors (Lipinski definition) is 2. The van der Waals surface area contributed by atoms with Crippen molar-refractivity contribution < 1.29 is 8.42 Å². The van der Waals surface area contributed by atoms with Crippen molar-refractivity contribution in [3.8, 4) is 0 Å². The van der Waals surface area contributed by atoms with Gasteiger partial charge in [0, 0.05) is 26.2 Å². The van der Waals surface area contributed by atoms with Crippen LogP contribution in [-0.4, -0.2) is 43.2 Å². The Labute approximate surface area is 105 Å².